The topological polar surface area (TPSA) is 32.5 Å². The fourth-order valence-corrected chi connectivity index (χ4v) is 2.36. The molecule has 2 atom stereocenters. The molecule has 3 nitrogen and oxygen atoms in total. The largest absolute Gasteiger partial charge is 0.323 e. The Morgan fingerprint density at radius 2 is 1.95 bits per heavy atom. The number of halogens is 1. The Hall–Kier alpha value is -0.970. The molecule has 19 heavy (non-hydrogen) atoms. The second-order valence-corrected chi connectivity index (χ2v) is 5.36. The lowest BCUT2D eigenvalue weighted by Gasteiger charge is -2.32. The van der Waals surface area contributed by atoms with Crippen LogP contribution in [0.3, 0.4) is 0 Å². The van der Waals surface area contributed by atoms with Gasteiger partial charge < -0.3 is 10.6 Å². The Morgan fingerprint density at radius 1 is 1.26 bits per heavy atom. The maximum atomic E-state index is 13.2. The van der Waals surface area contributed by atoms with Gasteiger partial charge in [-0.15, -0.1) is 0 Å². The van der Waals surface area contributed by atoms with Gasteiger partial charge in [0.15, 0.2) is 0 Å². The van der Waals surface area contributed by atoms with Gasteiger partial charge in [0.1, 0.15) is 5.82 Å². The zero-order valence-electron chi connectivity index (χ0n) is 12.4. The lowest BCUT2D eigenvalue weighted by molar-refractivity contribution is 0.172. The zero-order valence-corrected chi connectivity index (χ0v) is 12.4. The average molecular weight is 267 g/mol. The molecule has 108 valence electrons. The van der Waals surface area contributed by atoms with Crippen LogP contribution in [0.25, 0.3) is 0 Å². The molecule has 1 aromatic rings. The summed E-state index contributed by atoms with van der Waals surface area (Å²) in [7, 11) is 4.13. The van der Waals surface area contributed by atoms with Gasteiger partial charge in [-0.05, 0) is 45.3 Å². The van der Waals surface area contributed by atoms with Gasteiger partial charge in [-0.3, -0.25) is 4.90 Å². The van der Waals surface area contributed by atoms with E-state index in [-0.39, 0.29) is 11.9 Å². The first kappa shape index (κ1) is 16.1. The molecule has 0 aliphatic carbocycles. The van der Waals surface area contributed by atoms with Crippen molar-refractivity contribution in [3.8, 4) is 0 Å². The average Bonchev–Trinajstić information content (AvgIpc) is 2.34. The molecule has 0 amide bonds. The van der Waals surface area contributed by atoms with E-state index in [0.717, 1.165) is 25.2 Å². The number of hydrogen-bond donors (Lipinski definition) is 1. The predicted molar refractivity (Wildman–Crippen MR) is 78.6 cm³/mol. The van der Waals surface area contributed by atoms with Gasteiger partial charge in [0.05, 0.1) is 0 Å². The number of likely N-dealkylation sites (N-methyl/N-ethyl adjacent to an activating group) is 2. The van der Waals surface area contributed by atoms with E-state index in [9.17, 15) is 4.39 Å². The molecule has 1 rings (SSSR count). The normalized spacial score (nSPS) is 14.9. The maximum Gasteiger partial charge on any atom is 0.123 e. The van der Waals surface area contributed by atoms with E-state index in [4.69, 9.17) is 5.73 Å². The molecule has 2 N–H and O–H groups in total. The Bertz CT molecular complexity index is 381. The highest BCUT2D eigenvalue weighted by atomic mass is 19.1. The summed E-state index contributed by atoms with van der Waals surface area (Å²) in [5.74, 6) is -0.225. The first-order chi connectivity index (χ1) is 8.93. The Morgan fingerprint density at radius 3 is 2.47 bits per heavy atom. The van der Waals surface area contributed by atoms with Crippen molar-refractivity contribution in [3.63, 3.8) is 0 Å². The van der Waals surface area contributed by atoms with Crippen LogP contribution in [-0.2, 0) is 0 Å². The molecule has 0 heterocycles. The Balaban J connectivity index is 2.65. The van der Waals surface area contributed by atoms with Crippen molar-refractivity contribution in [2.45, 2.75) is 25.9 Å². The van der Waals surface area contributed by atoms with E-state index in [1.807, 2.05) is 6.07 Å². The van der Waals surface area contributed by atoms with Gasteiger partial charge in [0, 0.05) is 25.2 Å². The van der Waals surface area contributed by atoms with Crippen molar-refractivity contribution in [3.05, 3.63) is 35.6 Å². The van der Waals surface area contributed by atoms with Crippen LogP contribution >= 0.6 is 0 Å². The highest BCUT2D eigenvalue weighted by molar-refractivity contribution is 5.20. The van der Waals surface area contributed by atoms with Crippen LogP contribution in [0.2, 0.25) is 0 Å². The summed E-state index contributed by atoms with van der Waals surface area (Å²) >= 11 is 0. The number of nitrogens with zero attached hydrogens (tertiary/aromatic N) is 2. The first-order valence-corrected chi connectivity index (χ1v) is 6.83. The molecule has 4 heteroatoms. The van der Waals surface area contributed by atoms with Crippen LogP contribution in [-0.4, -0.2) is 49.6 Å². The van der Waals surface area contributed by atoms with Gasteiger partial charge >= 0.3 is 0 Å². The van der Waals surface area contributed by atoms with Gasteiger partial charge in [-0.1, -0.05) is 19.1 Å². The van der Waals surface area contributed by atoms with Crippen molar-refractivity contribution in [2.24, 2.45) is 5.73 Å². The lowest BCUT2D eigenvalue weighted by atomic mass is 10.1. The molecular formula is C15H26FN3. The van der Waals surface area contributed by atoms with E-state index in [0.29, 0.717) is 6.04 Å². The monoisotopic (exact) mass is 267 g/mol. The molecule has 0 saturated heterocycles. The highest BCUT2D eigenvalue weighted by Crippen LogP contribution is 2.14. The van der Waals surface area contributed by atoms with Crippen LogP contribution in [0.5, 0.6) is 0 Å². The number of nitrogens with two attached hydrogens (primary N) is 1. The quantitative estimate of drug-likeness (QED) is 0.821. The van der Waals surface area contributed by atoms with Crippen molar-refractivity contribution in [2.75, 3.05) is 33.7 Å². The van der Waals surface area contributed by atoms with Crippen molar-refractivity contribution in [1.29, 1.82) is 0 Å². The molecule has 0 aliphatic heterocycles. The van der Waals surface area contributed by atoms with Crippen LogP contribution in [0.15, 0.2) is 24.3 Å². The molecule has 0 fully saturated rings. The van der Waals surface area contributed by atoms with Crippen LogP contribution in [0, 0.1) is 5.82 Å². The van der Waals surface area contributed by atoms with Gasteiger partial charge in [-0.2, -0.15) is 0 Å². The van der Waals surface area contributed by atoms with E-state index < -0.39 is 0 Å². The molecule has 0 spiro atoms. The third kappa shape index (κ3) is 5.27. The zero-order chi connectivity index (χ0) is 14.4. The summed E-state index contributed by atoms with van der Waals surface area (Å²) in [6, 6.07) is 6.85. The van der Waals surface area contributed by atoms with Crippen molar-refractivity contribution in [1.82, 2.24) is 9.80 Å². The molecular weight excluding hydrogens is 241 g/mol. The molecule has 0 bridgehead atoms. The van der Waals surface area contributed by atoms with Gasteiger partial charge in [-0.25, -0.2) is 4.39 Å². The Kier molecular flexibility index (Phi) is 6.42. The number of benzene rings is 1. The third-order valence-corrected chi connectivity index (χ3v) is 3.37. The summed E-state index contributed by atoms with van der Waals surface area (Å²) in [4.78, 5) is 4.50. The summed E-state index contributed by atoms with van der Waals surface area (Å²) in [5.41, 5.74) is 7.04. The minimum atomic E-state index is -0.225. The molecule has 0 radical (unpaired) electrons. The SMILES string of the molecule is CCN(CC(N)c1cccc(F)c1)C(C)CN(C)C. The molecule has 0 saturated carbocycles. The molecule has 0 aliphatic rings. The van der Waals surface area contributed by atoms with Crippen molar-refractivity contribution >= 4 is 0 Å². The highest BCUT2D eigenvalue weighted by Gasteiger charge is 2.17. The number of hydrogen-bond acceptors (Lipinski definition) is 3. The standard InChI is InChI=1S/C15H26FN3/c1-5-19(12(2)10-18(3)4)11-15(17)13-7-6-8-14(16)9-13/h6-9,12,15H,5,10-11,17H2,1-4H3. The van der Waals surface area contributed by atoms with Crippen LogP contribution in [0.4, 0.5) is 4.39 Å². The summed E-state index contributed by atoms with van der Waals surface area (Å²) in [5, 5.41) is 0. The predicted octanol–water partition coefficient (Wildman–Crippen LogP) is 2.10. The maximum absolute atomic E-state index is 13.2. The smallest absolute Gasteiger partial charge is 0.123 e. The molecule has 0 aromatic heterocycles. The third-order valence-electron chi connectivity index (χ3n) is 3.37. The van der Waals surface area contributed by atoms with E-state index in [2.05, 4.69) is 37.7 Å². The molecule has 1 aromatic carbocycles. The van der Waals surface area contributed by atoms with Crippen LogP contribution in [0.1, 0.15) is 25.5 Å². The minimum absolute atomic E-state index is 0.153. The fraction of sp³-hybridized carbons (Fsp3) is 0.600. The summed E-state index contributed by atoms with van der Waals surface area (Å²) in [6.07, 6.45) is 0. The lowest BCUT2D eigenvalue weighted by Crippen LogP contribution is -2.43. The van der Waals surface area contributed by atoms with Crippen molar-refractivity contribution < 1.29 is 4.39 Å². The fourth-order valence-electron chi connectivity index (χ4n) is 2.36. The summed E-state index contributed by atoms with van der Waals surface area (Å²) < 4.78 is 13.2. The molecule has 2 unspecified atom stereocenters. The second-order valence-electron chi connectivity index (χ2n) is 5.36. The van der Waals surface area contributed by atoms with Crippen LogP contribution < -0.4 is 5.73 Å². The van der Waals surface area contributed by atoms with E-state index in [1.165, 1.54) is 12.1 Å². The van der Waals surface area contributed by atoms with Gasteiger partial charge in [0.25, 0.3) is 0 Å². The van der Waals surface area contributed by atoms with E-state index in [1.54, 1.807) is 6.07 Å². The minimum Gasteiger partial charge on any atom is -0.323 e. The summed E-state index contributed by atoms with van der Waals surface area (Å²) in [6.45, 7) is 7.00. The van der Waals surface area contributed by atoms with E-state index >= 15 is 0 Å². The van der Waals surface area contributed by atoms with Gasteiger partial charge in [0.2, 0.25) is 0 Å². The Labute approximate surface area is 116 Å². The second kappa shape index (κ2) is 7.58. The number of rotatable bonds is 7. The first-order valence-electron chi connectivity index (χ1n) is 6.83.